The van der Waals surface area contributed by atoms with Gasteiger partial charge in [0.25, 0.3) is 12.4 Å². The lowest BCUT2D eigenvalue weighted by atomic mass is 9.96. The van der Waals surface area contributed by atoms with E-state index in [0.717, 1.165) is 25.9 Å². The fraction of sp³-hybridized carbons (Fsp3) is 0.344. The van der Waals surface area contributed by atoms with Crippen molar-refractivity contribution in [2.45, 2.75) is 12.8 Å². The molecule has 248 valence electrons. The van der Waals surface area contributed by atoms with E-state index < -0.39 is 11.6 Å². The fourth-order valence-corrected chi connectivity index (χ4v) is 5.80. The van der Waals surface area contributed by atoms with E-state index in [9.17, 15) is 18.4 Å². The number of carbonyl (C=O) groups is 3. The second kappa shape index (κ2) is 14.9. The summed E-state index contributed by atoms with van der Waals surface area (Å²) in [7, 11) is 2.77. The van der Waals surface area contributed by atoms with Gasteiger partial charge >= 0.3 is 0 Å². The Balaban J connectivity index is 0.00000139. The summed E-state index contributed by atoms with van der Waals surface area (Å²) in [6.07, 6.45) is 6.26. The number of benzene rings is 2. The summed E-state index contributed by atoms with van der Waals surface area (Å²) in [6, 6.07) is 7.90. The lowest BCUT2D eigenvalue weighted by Crippen LogP contribution is -2.52. The Morgan fingerprint density at radius 1 is 0.979 bits per heavy atom. The smallest absolute Gasteiger partial charge is 0.290 e. The van der Waals surface area contributed by atoms with Crippen molar-refractivity contribution in [3.63, 3.8) is 0 Å². The maximum absolute atomic E-state index is 14.8. The van der Waals surface area contributed by atoms with Gasteiger partial charge in [-0.1, -0.05) is 0 Å². The molecule has 0 aliphatic carbocycles. The van der Waals surface area contributed by atoms with Gasteiger partial charge < -0.3 is 35.0 Å². The molecule has 2 aromatic heterocycles. The van der Waals surface area contributed by atoms with Crippen LogP contribution in [0.1, 0.15) is 23.2 Å². The number of piperazine rings is 1. The molecule has 2 fully saturated rings. The monoisotopic (exact) mass is 651 g/mol. The van der Waals surface area contributed by atoms with Gasteiger partial charge in [-0.3, -0.25) is 18.8 Å². The third-order valence-electron chi connectivity index (χ3n) is 8.23. The van der Waals surface area contributed by atoms with E-state index in [1.54, 1.807) is 33.7 Å². The van der Waals surface area contributed by atoms with E-state index in [4.69, 9.17) is 19.4 Å². The summed E-state index contributed by atoms with van der Waals surface area (Å²) >= 11 is 0. The normalized spacial score (nSPS) is 15.1. The fourth-order valence-electron chi connectivity index (χ4n) is 5.80. The number of fused-ring (bicyclic) bond motifs is 1. The van der Waals surface area contributed by atoms with Crippen LogP contribution >= 0.6 is 0 Å². The topological polar surface area (TPSA) is 151 Å². The zero-order valence-corrected chi connectivity index (χ0v) is 25.9. The summed E-state index contributed by atoms with van der Waals surface area (Å²) in [4.78, 5) is 47.1. The molecule has 4 aromatic rings. The zero-order chi connectivity index (χ0) is 33.5. The van der Waals surface area contributed by atoms with Gasteiger partial charge in [0.2, 0.25) is 11.7 Å². The molecule has 13 nitrogen and oxygen atoms in total. The van der Waals surface area contributed by atoms with Gasteiger partial charge in [-0.05, 0) is 50.2 Å². The highest BCUT2D eigenvalue weighted by Crippen LogP contribution is 2.32. The van der Waals surface area contributed by atoms with Crippen molar-refractivity contribution in [3.8, 4) is 22.8 Å². The highest BCUT2D eigenvalue weighted by atomic mass is 19.2. The number of imidazole rings is 1. The van der Waals surface area contributed by atoms with Crippen LogP contribution in [0.4, 0.5) is 20.3 Å². The standard InChI is InChI=1S/C31H33F2N7O4.CH2O2/c1-43-24-6-5-21(26(32)27(24)33)23-18-36-29-28(35-11-12-40(23)29)37-20-3-4-22(25(17-20)44-2)31(42)39-15-13-38(14-16-39)30(41)19-7-9-34-10-8-19;2-1-3/h3-6,11-12,17-19,34H,7-10,13-16H2,1-2H3,(H,35,37);1H,(H,2,3). The molecule has 2 amide bonds. The molecule has 6 rings (SSSR count). The molecule has 0 spiro atoms. The van der Waals surface area contributed by atoms with Gasteiger partial charge in [-0.25, -0.2) is 14.4 Å². The average Bonchev–Trinajstić information content (AvgIpc) is 3.54. The Bertz CT molecular complexity index is 1750. The molecule has 0 atom stereocenters. The minimum atomic E-state index is -1.08. The lowest BCUT2D eigenvalue weighted by molar-refractivity contribution is -0.137. The molecule has 2 saturated heterocycles. The van der Waals surface area contributed by atoms with Gasteiger partial charge in [0.15, 0.2) is 23.0 Å². The first kappa shape index (κ1) is 33.1. The van der Waals surface area contributed by atoms with Crippen LogP contribution in [0.15, 0.2) is 48.9 Å². The van der Waals surface area contributed by atoms with E-state index in [1.807, 2.05) is 4.90 Å². The number of piperidine rings is 1. The molecule has 4 heterocycles. The number of carboxylic acid groups (broad SMARTS) is 1. The number of hydrogen-bond acceptors (Lipinski definition) is 9. The van der Waals surface area contributed by atoms with Crippen LogP contribution in [-0.4, -0.2) is 101 Å². The summed E-state index contributed by atoms with van der Waals surface area (Å²) in [5.41, 5.74) is 1.73. The SMILES string of the molecule is COc1cc(Nc2nccn3c(-c4ccc(OC)c(F)c4F)cnc23)ccc1C(=O)N1CCN(C(=O)C2CCNCC2)CC1.O=CO. The molecule has 47 heavy (non-hydrogen) atoms. The van der Waals surface area contributed by atoms with Crippen LogP contribution in [0, 0.1) is 17.6 Å². The van der Waals surface area contributed by atoms with E-state index in [1.165, 1.54) is 38.7 Å². The Kier molecular flexibility index (Phi) is 10.5. The van der Waals surface area contributed by atoms with Gasteiger partial charge in [0, 0.05) is 61.8 Å². The number of hydrogen-bond donors (Lipinski definition) is 3. The zero-order valence-electron chi connectivity index (χ0n) is 25.9. The Morgan fingerprint density at radius 3 is 2.34 bits per heavy atom. The number of carbonyl (C=O) groups excluding carboxylic acids is 2. The molecule has 2 aliphatic heterocycles. The summed E-state index contributed by atoms with van der Waals surface area (Å²) in [5, 5.41) is 13.4. The first-order valence-corrected chi connectivity index (χ1v) is 15.0. The second-order valence-electron chi connectivity index (χ2n) is 10.8. The lowest BCUT2D eigenvalue weighted by Gasteiger charge is -2.37. The first-order chi connectivity index (χ1) is 22.8. The molecular weight excluding hydrogens is 616 g/mol. The Morgan fingerprint density at radius 2 is 1.66 bits per heavy atom. The largest absolute Gasteiger partial charge is 0.496 e. The second-order valence-corrected chi connectivity index (χ2v) is 10.8. The van der Waals surface area contributed by atoms with Crippen LogP contribution in [0.5, 0.6) is 11.5 Å². The van der Waals surface area contributed by atoms with Crippen LogP contribution in [0.2, 0.25) is 0 Å². The number of halogens is 2. The first-order valence-electron chi connectivity index (χ1n) is 15.0. The third-order valence-corrected chi connectivity index (χ3v) is 8.23. The molecule has 2 aliphatic rings. The van der Waals surface area contributed by atoms with Gasteiger partial charge in [0.05, 0.1) is 31.7 Å². The number of nitrogens with zero attached hydrogens (tertiary/aromatic N) is 5. The molecule has 0 radical (unpaired) electrons. The van der Waals surface area contributed by atoms with Crippen molar-refractivity contribution in [2.75, 3.05) is 58.8 Å². The van der Waals surface area contributed by atoms with Crippen molar-refractivity contribution in [1.82, 2.24) is 29.5 Å². The molecule has 2 aromatic carbocycles. The van der Waals surface area contributed by atoms with Crippen molar-refractivity contribution >= 4 is 35.4 Å². The van der Waals surface area contributed by atoms with Crippen molar-refractivity contribution < 1.29 is 37.7 Å². The van der Waals surface area contributed by atoms with E-state index >= 15 is 0 Å². The molecule has 0 unspecified atom stereocenters. The van der Waals surface area contributed by atoms with Crippen molar-refractivity contribution in [3.05, 3.63) is 66.1 Å². The average molecular weight is 652 g/mol. The van der Waals surface area contributed by atoms with Crippen molar-refractivity contribution in [1.29, 1.82) is 0 Å². The number of aromatic nitrogens is 3. The highest BCUT2D eigenvalue weighted by Gasteiger charge is 2.31. The third kappa shape index (κ3) is 6.94. The quantitative estimate of drug-likeness (QED) is 0.254. The van der Waals surface area contributed by atoms with Crippen LogP contribution in [-0.2, 0) is 9.59 Å². The summed E-state index contributed by atoms with van der Waals surface area (Å²) in [5.74, 6) is -1.51. The van der Waals surface area contributed by atoms with Crippen LogP contribution in [0.3, 0.4) is 0 Å². The minimum absolute atomic E-state index is 0.0222. The molecule has 15 heteroatoms. The minimum Gasteiger partial charge on any atom is -0.496 e. The molecule has 3 N–H and O–H groups in total. The Hall–Kier alpha value is -5.31. The maximum Gasteiger partial charge on any atom is 0.290 e. The number of nitrogens with one attached hydrogen (secondary N) is 2. The van der Waals surface area contributed by atoms with E-state index in [2.05, 4.69) is 20.6 Å². The highest BCUT2D eigenvalue weighted by molar-refractivity contribution is 5.98. The summed E-state index contributed by atoms with van der Waals surface area (Å²) < 4.78 is 41.3. The van der Waals surface area contributed by atoms with Gasteiger partial charge in [-0.2, -0.15) is 4.39 Å². The van der Waals surface area contributed by atoms with Gasteiger partial charge in [-0.15, -0.1) is 0 Å². The van der Waals surface area contributed by atoms with Gasteiger partial charge in [0.1, 0.15) is 5.75 Å². The number of methoxy groups -OCH3 is 2. The number of anilines is 2. The van der Waals surface area contributed by atoms with Crippen LogP contribution < -0.4 is 20.1 Å². The number of amides is 2. The van der Waals surface area contributed by atoms with Crippen molar-refractivity contribution in [2.24, 2.45) is 5.92 Å². The molecular formula is C32H35F2N7O6. The predicted octanol–water partition coefficient (Wildman–Crippen LogP) is 3.42. The summed E-state index contributed by atoms with van der Waals surface area (Å²) in [6.45, 7) is 3.38. The molecule has 0 saturated carbocycles. The predicted molar refractivity (Wildman–Crippen MR) is 168 cm³/mol. The van der Waals surface area contributed by atoms with Crippen LogP contribution in [0.25, 0.3) is 16.9 Å². The Labute approximate surface area is 269 Å². The van der Waals surface area contributed by atoms with E-state index in [-0.39, 0.29) is 35.5 Å². The molecule has 0 bridgehead atoms. The van der Waals surface area contributed by atoms with E-state index in [0.29, 0.717) is 60.3 Å². The number of ether oxygens (including phenoxy) is 2. The maximum atomic E-state index is 14.8. The number of rotatable bonds is 7.